The number of carbonyl (C=O) groups is 2. The first kappa shape index (κ1) is 22.3. The quantitative estimate of drug-likeness (QED) is 0.303. The molecule has 4 aromatic rings. The van der Waals surface area contributed by atoms with E-state index in [-0.39, 0.29) is 29.1 Å². The van der Waals surface area contributed by atoms with Crippen molar-refractivity contribution in [1.29, 1.82) is 0 Å². The molecular weight excluding hydrogens is 446 g/mol. The highest BCUT2D eigenvalue weighted by molar-refractivity contribution is 7.99. The van der Waals surface area contributed by atoms with Gasteiger partial charge in [0.2, 0.25) is 5.91 Å². The van der Waals surface area contributed by atoms with Crippen LogP contribution in [0.1, 0.15) is 17.3 Å². The number of nitrogens with zero attached hydrogens (tertiary/aromatic N) is 3. The second kappa shape index (κ2) is 9.74. The van der Waals surface area contributed by atoms with Crippen LogP contribution in [0.2, 0.25) is 0 Å². The van der Waals surface area contributed by atoms with Crippen LogP contribution in [0.15, 0.2) is 78.0 Å². The number of thioether (sulfide) groups is 1. The molecule has 0 unspecified atom stereocenters. The number of rotatable bonds is 7. The molecule has 0 radical (unpaired) electrons. The van der Waals surface area contributed by atoms with E-state index in [9.17, 15) is 18.4 Å². The van der Waals surface area contributed by atoms with E-state index in [0.717, 1.165) is 11.8 Å². The van der Waals surface area contributed by atoms with Crippen LogP contribution in [0.4, 0.5) is 14.5 Å². The van der Waals surface area contributed by atoms with Gasteiger partial charge in [-0.2, -0.15) is 0 Å². The normalized spacial score (nSPS) is 10.8. The second-order valence-electron chi connectivity index (χ2n) is 7.10. The molecule has 0 aliphatic rings. The van der Waals surface area contributed by atoms with Gasteiger partial charge < -0.3 is 5.32 Å². The van der Waals surface area contributed by atoms with Gasteiger partial charge in [0.15, 0.2) is 16.8 Å². The second-order valence-corrected chi connectivity index (χ2v) is 8.04. The Labute approximate surface area is 192 Å². The minimum Gasteiger partial charge on any atom is -0.325 e. The van der Waals surface area contributed by atoms with Gasteiger partial charge in [-0.05, 0) is 79.7 Å². The van der Waals surface area contributed by atoms with Crippen molar-refractivity contribution >= 4 is 29.1 Å². The van der Waals surface area contributed by atoms with Gasteiger partial charge in [-0.15, -0.1) is 10.2 Å². The van der Waals surface area contributed by atoms with Gasteiger partial charge in [-0.1, -0.05) is 11.8 Å². The summed E-state index contributed by atoms with van der Waals surface area (Å²) in [6.07, 6.45) is 0. The molecule has 0 saturated carbocycles. The molecule has 1 aromatic heterocycles. The Hall–Kier alpha value is -3.85. The summed E-state index contributed by atoms with van der Waals surface area (Å²) < 4.78 is 28.5. The summed E-state index contributed by atoms with van der Waals surface area (Å²) in [5, 5.41) is 11.6. The highest BCUT2D eigenvalue weighted by atomic mass is 32.2. The first-order chi connectivity index (χ1) is 15.9. The lowest BCUT2D eigenvalue weighted by Crippen LogP contribution is -2.14. The molecule has 0 aliphatic heterocycles. The summed E-state index contributed by atoms with van der Waals surface area (Å²) in [6.45, 7) is 1.47. The number of halogens is 2. The fraction of sp³-hybridized carbons (Fsp3) is 0.0833. The molecule has 0 atom stereocenters. The van der Waals surface area contributed by atoms with E-state index in [4.69, 9.17) is 0 Å². The van der Waals surface area contributed by atoms with Gasteiger partial charge in [-0.25, -0.2) is 8.78 Å². The zero-order valence-corrected chi connectivity index (χ0v) is 18.3. The minimum absolute atomic E-state index is 0.0389. The molecule has 0 aliphatic carbocycles. The number of hydrogen-bond donors (Lipinski definition) is 1. The van der Waals surface area contributed by atoms with Crippen molar-refractivity contribution in [3.8, 4) is 17.1 Å². The number of aromatic nitrogens is 3. The average Bonchev–Trinajstić information content (AvgIpc) is 3.23. The maximum absolute atomic E-state index is 13.5. The van der Waals surface area contributed by atoms with Crippen LogP contribution in [-0.2, 0) is 4.79 Å². The highest BCUT2D eigenvalue weighted by Gasteiger charge is 2.18. The molecule has 1 amide bonds. The van der Waals surface area contributed by atoms with Crippen molar-refractivity contribution < 1.29 is 18.4 Å². The number of ketones is 1. The standard InChI is InChI=1S/C24H18F2N4O2S/c1-15(31)16-4-10-20(11-5-16)27-22(32)14-33-24-29-28-23(17-2-6-18(25)7-3-17)30(24)21-12-8-19(26)9-13-21/h2-13H,14H2,1H3,(H,27,32). The van der Waals surface area contributed by atoms with Crippen LogP contribution in [0.5, 0.6) is 0 Å². The van der Waals surface area contributed by atoms with E-state index < -0.39 is 0 Å². The Morgan fingerprint density at radius 1 is 0.879 bits per heavy atom. The summed E-state index contributed by atoms with van der Waals surface area (Å²) in [7, 11) is 0. The van der Waals surface area contributed by atoms with Crippen LogP contribution in [0.25, 0.3) is 17.1 Å². The first-order valence-corrected chi connectivity index (χ1v) is 10.9. The average molecular weight is 464 g/mol. The van der Waals surface area contributed by atoms with Gasteiger partial charge in [-0.3, -0.25) is 14.2 Å². The van der Waals surface area contributed by atoms with E-state index in [0.29, 0.717) is 33.5 Å². The molecule has 0 spiro atoms. The topological polar surface area (TPSA) is 76.9 Å². The Morgan fingerprint density at radius 3 is 2.09 bits per heavy atom. The Morgan fingerprint density at radius 2 is 1.48 bits per heavy atom. The van der Waals surface area contributed by atoms with Crippen molar-refractivity contribution in [3.63, 3.8) is 0 Å². The third-order valence-electron chi connectivity index (χ3n) is 4.73. The minimum atomic E-state index is -0.389. The zero-order valence-electron chi connectivity index (χ0n) is 17.5. The molecule has 0 fully saturated rings. The number of anilines is 1. The summed E-state index contributed by atoms with van der Waals surface area (Å²) in [5.41, 5.74) is 2.35. The molecular formula is C24H18F2N4O2S. The maximum Gasteiger partial charge on any atom is 0.234 e. The molecule has 6 nitrogen and oxygen atoms in total. The third-order valence-corrected chi connectivity index (χ3v) is 5.66. The Kier molecular flexibility index (Phi) is 6.60. The molecule has 1 N–H and O–H groups in total. The number of benzene rings is 3. The number of hydrogen-bond acceptors (Lipinski definition) is 5. The molecule has 1 heterocycles. The molecule has 166 valence electrons. The van der Waals surface area contributed by atoms with Gasteiger partial charge in [0.1, 0.15) is 11.6 Å². The fourth-order valence-electron chi connectivity index (χ4n) is 3.09. The summed E-state index contributed by atoms with van der Waals surface area (Å²) in [5.74, 6) is -0.622. The van der Waals surface area contributed by atoms with Crippen molar-refractivity contribution in [3.05, 3.63) is 90.0 Å². The lowest BCUT2D eigenvalue weighted by molar-refractivity contribution is -0.113. The van der Waals surface area contributed by atoms with Gasteiger partial charge in [0.25, 0.3) is 0 Å². The largest absolute Gasteiger partial charge is 0.325 e. The summed E-state index contributed by atoms with van der Waals surface area (Å²) in [4.78, 5) is 23.8. The number of amides is 1. The lowest BCUT2D eigenvalue weighted by Gasteiger charge is -2.11. The lowest BCUT2D eigenvalue weighted by atomic mass is 10.1. The number of nitrogens with one attached hydrogen (secondary N) is 1. The molecule has 33 heavy (non-hydrogen) atoms. The highest BCUT2D eigenvalue weighted by Crippen LogP contribution is 2.28. The van der Waals surface area contributed by atoms with Crippen LogP contribution in [-0.4, -0.2) is 32.2 Å². The molecule has 4 rings (SSSR count). The van der Waals surface area contributed by atoms with Crippen LogP contribution in [0, 0.1) is 11.6 Å². The zero-order chi connectivity index (χ0) is 23.4. The molecule has 3 aromatic carbocycles. The van der Waals surface area contributed by atoms with E-state index in [2.05, 4.69) is 15.5 Å². The first-order valence-electron chi connectivity index (χ1n) is 9.91. The number of Topliss-reactive ketones (excluding diaryl/α,β-unsaturated/α-hetero) is 1. The predicted octanol–water partition coefficient (Wildman–Crippen LogP) is 5.15. The Bertz CT molecular complexity index is 1290. The van der Waals surface area contributed by atoms with E-state index in [1.54, 1.807) is 53.1 Å². The van der Waals surface area contributed by atoms with Crippen molar-refractivity contribution in [2.75, 3.05) is 11.1 Å². The fourth-order valence-corrected chi connectivity index (χ4v) is 3.84. The van der Waals surface area contributed by atoms with Gasteiger partial charge in [0.05, 0.1) is 5.75 Å². The third kappa shape index (κ3) is 5.32. The van der Waals surface area contributed by atoms with E-state index in [1.807, 2.05) is 0 Å². The van der Waals surface area contributed by atoms with Gasteiger partial charge in [0, 0.05) is 22.5 Å². The predicted molar refractivity (Wildman–Crippen MR) is 123 cm³/mol. The summed E-state index contributed by atoms with van der Waals surface area (Å²) in [6, 6.07) is 18.2. The van der Waals surface area contributed by atoms with Crippen molar-refractivity contribution in [1.82, 2.24) is 14.8 Å². The molecule has 0 saturated heterocycles. The van der Waals surface area contributed by atoms with Crippen LogP contribution < -0.4 is 5.32 Å². The smallest absolute Gasteiger partial charge is 0.234 e. The molecule has 9 heteroatoms. The van der Waals surface area contributed by atoms with Crippen LogP contribution in [0.3, 0.4) is 0 Å². The van der Waals surface area contributed by atoms with Crippen molar-refractivity contribution in [2.45, 2.75) is 12.1 Å². The van der Waals surface area contributed by atoms with Crippen molar-refractivity contribution in [2.24, 2.45) is 0 Å². The van der Waals surface area contributed by atoms with Crippen LogP contribution >= 0.6 is 11.8 Å². The Balaban J connectivity index is 1.55. The molecule has 0 bridgehead atoms. The maximum atomic E-state index is 13.5. The summed E-state index contributed by atoms with van der Waals surface area (Å²) >= 11 is 1.16. The van der Waals surface area contributed by atoms with E-state index in [1.165, 1.54) is 31.2 Å². The van der Waals surface area contributed by atoms with E-state index >= 15 is 0 Å². The van der Waals surface area contributed by atoms with Gasteiger partial charge >= 0.3 is 0 Å². The number of carbonyl (C=O) groups excluding carboxylic acids is 2. The monoisotopic (exact) mass is 464 g/mol. The SMILES string of the molecule is CC(=O)c1ccc(NC(=O)CSc2nnc(-c3ccc(F)cc3)n2-c2ccc(F)cc2)cc1.